The molecule has 0 heterocycles. The average molecular weight is 275 g/mol. The third-order valence-electron chi connectivity index (χ3n) is 2.71. The fourth-order valence-electron chi connectivity index (χ4n) is 1.80. The quantitative estimate of drug-likeness (QED) is 0.611. The van der Waals surface area contributed by atoms with Crippen LogP contribution in [0.15, 0.2) is 18.2 Å². The van der Waals surface area contributed by atoms with E-state index in [1.807, 2.05) is 19.1 Å². The largest absolute Gasteiger partial charge is 0.385 e. The van der Waals surface area contributed by atoms with Gasteiger partial charge in [0.2, 0.25) is 0 Å². The van der Waals surface area contributed by atoms with E-state index in [0.29, 0.717) is 18.7 Å². The van der Waals surface area contributed by atoms with Gasteiger partial charge in [0.25, 0.3) is 5.91 Å². The number of methoxy groups -OCH3 is 1. The molecule has 0 aromatic heterocycles. The predicted molar refractivity (Wildman–Crippen MR) is 78.6 cm³/mol. The zero-order chi connectivity index (χ0) is 14.8. The number of unbranched alkanes of at least 4 members (excludes halogenated alkanes) is 1. The highest BCUT2D eigenvalue weighted by Crippen LogP contribution is 2.09. The number of ether oxygens (including phenoxy) is 1. The van der Waals surface area contributed by atoms with Crippen LogP contribution < -0.4 is 5.32 Å². The Bertz CT molecular complexity index is 500. The lowest BCUT2D eigenvalue weighted by Crippen LogP contribution is -2.24. The molecule has 0 spiro atoms. The molecule has 0 saturated heterocycles. The Labute approximate surface area is 120 Å². The van der Waals surface area contributed by atoms with E-state index >= 15 is 0 Å². The van der Waals surface area contributed by atoms with E-state index < -0.39 is 0 Å². The highest BCUT2D eigenvalue weighted by atomic mass is 16.5. The lowest BCUT2D eigenvalue weighted by Gasteiger charge is -2.06. The van der Waals surface area contributed by atoms with Gasteiger partial charge >= 0.3 is 0 Å². The normalized spacial score (nSPS) is 9.75. The number of nitrogens with one attached hydrogen (secondary N) is 1. The van der Waals surface area contributed by atoms with Crippen LogP contribution in [0.5, 0.6) is 0 Å². The monoisotopic (exact) mass is 275 g/mol. The fourth-order valence-corrected chi connectivity index (χ4v) is 1.80. The molecule has 4 heteroatoms. The minimum atomic E-state index is -0.186. The predicted octanol–water partition coefficient (Wildman–Crippen LogP) is 1.50. The first-order chi connectivity index (χ1) is 9.67. The Morgan fingerprint density at radius 1 is 1.35 bits per heavy atom. The Morgan fingerprint density at radius 2 is 2.15 bits per heavy atom. The first-order valence-corrected chi connectivity index (χ1v) is 6.66. The maximum absolute atomic E-state index is 12.0. The van der Waals surface area contributed by atoms with Crippen molar-refractivity contribution in [1.29, 1.82) is 0 Å². The summed E-state index contributed by atoms with van der Waals surface area (Å²) in [6.07, 6.45) is 1.82. The molecule has 0 bridgehead atoms. The summed E-state index contributed by atoms with van der Waals surface area (Å²) in [5.41, 5.74) is 2.31. The molecular formula is C16H21NO3. The molecule has 0 aliphatic rings. The van der Waals surface area contributed by atoms with E-state index in [4.69, 9.17) is 9.84 Å². The summed E-state index contributed by atoms with van der Waals surface area (Å²) in [4.78, 5) is 12.0. The van der Waals surface area contributed by atoms with Gasteiger partial charge in [0, 0.05) is 31.4 Å². The molecule has 0 radical (unpaired) electrons. The molecule has 0 aliphatic heterocycles. The van der Waals surface area contributed by atoms with Crippen LogP contribution >= 0.6 is 0 Å². The Hall–Kier alpha value is -1.83. The lowest BCUT2D eigenvalue weighted by atomic mass is 10.1. The lowest BCUT2D eigenvalue weighted by molar-refractivity contribution is 0.0951. The smallest absolute Gasteiger partial charge is 0.251 e. The van der Waals surface area contributed by atoms with E-state index in [-0.39, 0.29) is 12.5 Å². The first kappa shape index (κ1) is 16.2. The van der Waals surface area contributed by atoms with Crippen LogP contribution in [0.3, 0.4) is 0 Å². The highest BCUT2D eigenvalue weighted by Gasteiger charge is 2.06. The molecule has 108 valence electrons. The standard InChI is InChI=1S/C16H21NO3/c1-13-10-14(6-5-8-18)12-15(11-13)16(19)17-7-3-4-9-20-2/h10-12,18H,3-4,7-9H2,1-2H3,(H,17,19). The van der Waals surface area contributed by atoms with Gasteiger partial charge in [0.05, 0.1) is 0 Å². The molecule has 0 unspecified atom stereocenters. The van der Waals surface area contributed by atoms with Crippen molar-refractivity contribution in [2.24, 2.45) is 0 Å². The zero-order valence-corrected chi connectivity index (χ0v) is 12.0. The molecule has 20 heavy (non-hydrogen) atoms. The molecule has 0 saturated carbocycles. The number of carbonyl (C=O) groups is 1. The molecule has 1 amide bonds. The van der Waals surface area contributed by atoms with Crippen LogP contribution in [-0.4, -0.2) is 37.9 Å². The van der Waals surface area contributed by atoms with Gasteiger partial charge in [0.15, 0.2) is 0 Å². The zero-order valence-electron chi connectivity index (χ0n) is 12.0. The maximum atomic E-state index is 12.0. The van der Waals surface area contributed by atoms with Gasteiger partial charge in [0.1, 0.15) is 6.61 Å². The molecule has 0 fully saturated rings. The van der Waals surface area contributed by atoms with Gasteiger partial charge in [-0.1, -0.05) is 11.8 Å². The Balaban J connectivity index is 2.61. The molecule has 1 aromatic rings. The SMILES string of the molecule is COCCCCNC(=O)c1cc(C)cc(C#CCO)c1. The van der Waals surface area contributed by atoms with Gasteiger partial charge in [-0.15, -0.1) is 0 Å². The van der Waals surface area contributed by atoms with Crippen LogP contribution in [0.2, 0.25) is 0 Å². The second kappa shape index (κ2) is 9.13. The van der Waals surface area contributed by atoms with Gasteiger partial charge in [-0.25, -0.2) is 0 Å². The minimum absolute atomic E-state index is 0.0989. The van der Waals surface area contributed by atoms with Crippen molar-refractivity contribution >= 4 is 5.91 Å². The number of carbonyl (C=O) groups excluding carboxylic acids is 1. The van der Waals surface area contributed by atoms with Gasteiger partial charge in [-0.2, -0.15) is 0 Å². The van der Waals surface area contributed by atoms with Crippen molar-refractivity contribution in [2.75, 3.05) is 26.9 Å². The second-order valence-electron chi connectivity index (χ2n) is 4.50. The molecule has 0 aliphatic carbocycles. The third kappa shape index (κ3) is 5.87. The van der Waals surface area contributed by atoms with Crippen molar-refractivity contribution < 1.29 is 14.6 Å². The van der Waals surface area contributed by atoms with Crippen LogP contribution in [0, 0.1) is 18.8 Å². The number of benzene rings is 1. The topological polar surface area (TPSA) is 58.6 Å². The van der Waals surface area contributed by atoms with E-state index in [2.05, 4.69) is 17.2 Å². The van der Waals surface area contributed by atoms with Crippen molar-refractivity contribution in [3.05, 3.63) is 34.9 Å². The summed E-state index contributed by atoms with van der Waals surface area (Å²) in [6, 6.07) is 5.45. The van der Waals surface area contributed by atoms with Crippen LogP contribution in [0.25, 0.3) is 0 Å². The van der Waals surface area contributed by atoms with E-state index in [1.54, 1.807) is 13.2 Å². The third-order valence-corrected chi connectivity index (χ3v) is 2.71. The van der Waals surface area contributed by atoms with E-state index in [9.17, 15) is 4.79 Å². The number of aliphatic hydroxyl groups is 1. The summed E-state index contributed by atoms with van der Waals surface area (Å²) in [5.74, 6) is 5.30. The summed E-state index contributed by atoms with van der Waals surface area (Å²) in [6.45, 7) is 3.07. The molecule has 1 aromatic carbocycles. The van der Waals surface area contributed by atoms with E-state index in [1.165, 1.54) is 0 Å². The Kier molecular flexibility index (Phi) is 7.41. The molecular weight excluding hydrogens is 254 g/mol. The van der Waals surface area contributed by atoms with Crippen LogP contribution in [-0.2, 0) is 4.74 Å². The Morgan fingerprint density at radius 3 is 2.85 bits per heavy atom. The summed E-state index contributed by atoms with van der Waals surface area (Å²) < 4.78 is 4.95. The minimum Gasteiger partial charge on any atom is -0.385 e. The van der Waals surface area contributed by atoms with Crippen LogP contribution in [0.1, 0.15) is 34.3 Å². The number of amides is 1. The number of rotatable bonds is 6. The van der Waals surface area contributed by atoms with E-state index in [0.717, 1.165) is 24.0 Å². The van der Waals surface area contributed by atoms with Gasteiger partial charge in [-0.05, 0) is 43.5 Å². The number of aryl methyl sites for hydroxylation is 1. The molecule has 0 atom stereocenters. The molecule has 1 rings (SSSR count). The summed E-state index contributed by atoms with van der Waals surface area (Å²) in [7, 11) is 1.67. The number of hydrogen-bond acceptors (Lipinski definition) is 3. The van der Waals surface area contributed by atoms with Crippen molar-refractivity contribution in [3.63, 3.8) is 0 Å². The van der Waals surface area contributed by atoms with Crippen molar-refractivity contribution in [1.82, 2.24) is 5.32 Å². The number of aliphatic hydroxyl groups excluding tert-OH is 1. The van der Waals surface area contributed by atoms with Crippen molar-refractivity contribution in [3.8, 4) is 11.8 Å². The number of hydrogen-bond donors (Lipinski definition) is 2. The van der Waals surface area contributed by atoms with Gasteiger partial charge < -0.3 is 15.2 Å². The van der Waals surface area contributed by atoms with Gasteiger partial charge in [-0.3, -0.25) is 4.79 Å². The summed E-state index contributed by atoms with van der Waals surface area (Å²) >= 11 is 0. The average Bonchev–Trinajstić information content (AvgIpc) is 2.44. The van der Waals surface area contributed by atoms with Crippen molar-refractivity contribution in [2.45, 2.75) is 19.8 Å². The first-order valence-electron chi connectivity index (χ1n) is 6.66. The molecule has 2 N–H and O–H groups in total. The second-order valence-corrected chi connectivity index (χ2v) is 4.50. The summed E-state index contributed by atoms with van der Waals surface area (Å²) in [5, 5.41) is 11.6. The molecule has 4 nitrogen and oxygen atoms in total. The highest BCUT2D eigenvalue weighted by molar-refractivity contribution is 5.94. The van der Waals surface area contributed by atoms with Crippen LogP contribution in [0.4, 0.5) is 0 Å². The fraction of sp³-hybridized carbons (Fsp3) is 0.438. The maximum Gasteiger partial charge on any atom is 0.251 e.